The third-order valence-corrected chi connectivity index (χ3v) is 3.57. The molecule has 3 rings (SSSR count). The van der Waals surface area contributed by atoms with Gasteiger partial charge in [-0.1, -0.05) is 30.3 Å². The number of nitrogens with zero attached hydrogens (tertiary/aromatic N) is 4. The van der Waals surface area contributed by atoms with Crippen molar-refractivity contribution < 1.29 is 9.53 Å². The van der Waals surface area contributed by atoms with E-state index in [4.69, 9.17) is 4.74 Å². The fraction of sp³-hybridized carbons (Fsp3) is 0.235. The minimum atomic E-state index is -0.164. The first-order valence-electron chi connectivity index (χ1n) is 7.53. The fourth-order valence-electron chi connectivity index (χ4n) is 2.43. The van der Waals surface area contributed by atoms with E-state index < -0.39 is 0 Å². The van der Waals surface area contributed by atoms with Gasteiger partial charge in [-0.25, -0.2) is 0 Å². The Hall–Kier alpha value is -3.09. The lowest BCUT2D eigenvalue weighted by molar-refractivity contribution is -0.115. The molecule has 1 aromatic carbocycles. The Morgan fingerprint density at radius 2 is 1.96 bits per heavy atom. The number of rotatable bonds is 5. The smallest absolute Gasteiger partial charge is 0.249 e. The highest BCUT2D eigenvalue weighted by Crippen LogP contribution is 2.24. The van der Waals surface area contributed by atoms with Crippen molar-refractivity contribution in [2.24, 2.45) is 0 Å². The number of carbonyl (C=O) groups excluding carboxylic acids is 1. The van der Waals surface area contributed by atoms with Crippen LogP contribution in [0.5, 0.6) is 5.75 Å². The highest BCUT2D eigenvalue weighted by molar-refractivity contribution is 5.91. The van der Waals surface area contributed by atoms with E-state index in [0.717, 1.165) is 11.4 Å². The van der Waals surface area contributed by atoms with Crippen LogP contribution in [-0.2, 0) is 11.2 Å². The van der Waals surface area contributed by atoms with Crippen molar-refractivity contribution in [3.8, 4) is 5.75 Å². The van der Waals surface area contributed by atoms with Crippen molar-refractivity contribution in [2.75, 3.05) is 31.4 Å². The first kappa shape index (κ1) is 15.8. The second-order valence-corrected chi connectivity index (χ2v) is 5.54. The van der Waals surface area contributed by atoms with Crippen molar-refractivity contribution in [2.45, 2.75) is 6.42 Å². The predicted octanol–water partition coefficient (Wildman–Crippen LogP) is 1.99. The molecule has 0 aliphatic carbocycles. The molecule has 0 spiro atoms. The number of anilines is 2. The van der Waals surface area contributed by atoms with E-state index in [-0.39, 0.29) is 18.3 Å². The summed E-state index contributed by atoms with van der Waals surface area (Å²) in [4.78, 5) is 18.5. The lowest BCUT2D eigenvalue weighted by Crippen LogP contribution is -2.16. The van der Waals surface area contributed by atoms with Crippen LogP contribution in [-0.4, -0.2) is 41.7 Å². The molecule has 1 amide bonds. The zero-order valence-electron chi connectivity index (χ0n) is 13.9. The minimum absolute atomic E-state index is 0.164. The van der Waals surface area contributed by atoms with Crippen LogP contribution in [0.15, 0.2) is 42.5 Å². The Kier molecular flexibility index (Phi) is 4.33. The summed E-state index contributed by atoms with van der Waals surface area (Å²) in [5.41, 5.74) is 1.49. The Morgan fingerprint density at radius 1 is 1.21 bits per heavy atom. The van der Waals surface area contributed by atoms with E-state index in [2.05, 4.69) is 15.4 Å². The second-order valence-electron chi connectivity index (χ2n) is 5.54. The predicted molar refractivity (Wildman–Crippen MR) is 92.6 cm³/mol. The van der Waals surface area contributed by atoms with E-state index in [1.807, 2.05) is 61.5 Å². The van der Waals surface area contributed by atoms with Crippen LogP contribution in [0, 0.1) is 0 Å². The molecule has 0 fully saturated rings. The van der Waals surface area contributed by atoms with Gasteiger partial charge in [0.2, 0.25) is 17.5 Å². The number of hydrogen-bond donors (Lipinski definition) is 1. The molecule has 2 aromatic heterocycles. The van der Waals surface area contributed by atoms with Gasteiger partial charge >= 0.3 is 0 Å². The Bertz CT molecular complexity index is 858. The summed E-state index contributed by atoms with van der Waals surface area (Å²) in [6, 6.07) is 13.2. The number of ether oxygens (including phenoxy) is 1. The molecule has 1 N–H and O–H groups in total. The number of fused-ring (bicyclic) bond motifs is 1. The first-order chi connectivity index (χ1) is 11.6. The molecule has 2 heterocycles. The number of carbonyl (C=O) groups is 1. The molecule has 0 unspecified atom stereocenters. The number of amides is 1. The molecule has 7 nitrogen and oxygen atoms in total. The SMILES string of the molecule is COc1ccc(N(C)C)n2nc(NC(=O)Cc3ccccc3)nc12. The summed E-state index contributed by atoms with van der Waals surface area (Å²) in [7, 11) is 5.40. The van der Waals surface area contributed by atoms with Gasteiger partial charge in [-0.2, -0.15) is 9.50 Å². The molecule has 124 valence electrons. The van der Waals surface area contributed by atoms with Crippen LogP contribution in [0.1, 0.15) is 5.56 Å². The maximum atomic E-state index is 12.2. The van der Waals surface area contributed by atoms with Gasteiger partial charge < -0.3 is 9.64 Å². The zero-order chi connectivity index (χ0) is 17.1. The maximum Gasteiger partial charge on any atom is 0.249 e. The highest BCUT2D eigenvalue weighted by Gasteiger charge is 2.15. The average molecular weight is 325 g/mol. The van der Waals surface area contributed by atoms with Crippen molar-refractivity contribution in [3.05, 3.63) is 48.0 Å². The molecule has 7 heteroatoms. The molecule has 0 saturated carbocycles. The van der Waals surface area contributed by atoms with Gasteiger partial charge in [0.25, 0.3) is 0 Å². The van der Waals surface area contributed by atoms with Crippen molar-refractivity contribution in [1.82, 2.24) is 14.6 Å². The van der Waals surface area contributed by atoms with Gasteiger partial charge in [0.15, 0.2) is 5.75 Å². The molecular weight excluding hydrogens is 306 g/mol. The standard InChI is InChI=1S/C17H19N5O2/c1-21(2)15-10-9-13(24-3)16-19-17(20-22(15)16)18-14(23)11-12-7-5-4-6-8-12/h4-10H,11H2,1-3H3,(H,18,20,23). The summed E-state index contributed by atoms with van der Waals surface area (Å²) in [6.07, 6.45) is 0.272. The van der Waals surface area contributed by atoms with Crippen molar-refractivity contribution in [1.29, 1.82) is 0 Å². The summed E-state index contributed by atoms with van der Waals surface area (Å²) >= 11 is 0. The minimum Gasteiger partial charge on any atom is -0.493 e. The molecule has 0 bridgehead atoms. The lowest BCUT2D eigenvalue weighted by Gasteiger charge is -2.14. The maximum absolute atomic E-state index is 12.2. The van der Waals surface area contributed by atoms with Gasteiger partial charge in [-0.3, -0.25) is 10.1 Å². The largest absolute Gasteiger partial charge is 0.493 e. The number of hydrogen-bond acceptors (Lipinski definition) is 5. The number of benzene rings is 1. The van der Waals surface area contributed by atoms with E-state index in [9.17, 15) is 4.79 Å². The molecule has 0 radical (unpaired) electrons. The number of aromatic nitrogens is 3. The van der Waals surface area contributed by atoms with Crippen LogP contribution in [0.3, 0.4) is 0 Å². The second kappa shape index (κ2) is 6.57. The van der Waals surface area contributed by atoms with Crippen LogP contribution < -0.4 is 15.0 Å². The van der Waals surface area contributed by atoms with Gasteiger partial charge in [-0.05, 0) is 17.7 Å². The van der Waals surface area contributed by atoms with Crippen molar-refractivity contribution >= 4 is 23.3 Å². The molecule has 3 aromatic rings. The highest BCUT2D eigenvalue weighted by atomic mass is 16.5. The molecule has 24 heavy (non-hydrogen) atoms. The molecule has 0 saturated heterocycles. The quantitative estimate of drug-likeness (QED) is 0.777. The monoisotopic (exact) mass is 325 g/mol. The first-order valence-corrected chi connectivity index (χ1v) is 7.53. The van der Waals surface area contributed by atoms with Gasteiger partial charge in [0.1, 0.15) is 5.82 Å². The summed E-state index contributed by atoms with van der Waals surface area (Å²) in [5.74, 6) is 1.52. The Morgan fingerprint density at radius 3 is 2.62 bits per heavy atom. The van der Waals surface area contributed by atoms with Crippen LogP contribution in [0.25, 0.3) is 5.65 Å². The van der Waals surface area contributed by atoms with Crippen molar-refractivity contribution in [3.63, 3.8) is 0 Å². The summed E-state index contributed by atoms with van der Waals surface area (Å²) in [5, 5.41) is 7.12. The van der Waals surface area contributed by atoms with E-state index in [0.29, 0.717) is 11.4 Å². The van der Waals surface area contributed by atoms with E-state index in [1.54, 1.807) is 11.6 Å². The zero-order valence-corrected chi connectivity index (χ0v) is 13.9. The van der Waals surface area contributed by atoms with E-state index in [1.165, 1.54) is 0 Å². The molecule has 0 atom stereocenters. The topological polar surface area (TPSA) is 71.8 Å². The molecule has 0 aliphatic heterocycles. The van der Waals surface area contributed by atoms with Gasteiger partial charge in [-0.15, -0.1) is 5.10 Å². The number of nitrogens with one attached hydrogen (secondary N) is 1. The van der Waals surface area contributed by atoms with Crippen LogP contribution in [0.4, 0.5) is 11.8 Å². The van der Waals surface area contributed by atoms with Crippen LogP contribution in [0.2, 0.25) is 0 Å². The Balaban J connectivity index is 1.87. The molecular formula is C17H19N5O2. The number of methoxy groups -OCH3 is 1. The lowest BCUT2D eigenvalue weighted by atomic mass is 10.1. The summed E-state index contributed by atoms with van der Waals surface area (Å²) in [6.45, 7) is 0. The summed E-state index contributed by atoms with van der Waals surface area (Å²) < 4.78 is 6.97. The van der Waals surface area contributed by atoms with Gasteiger partial charge in [0.05, 0.1) is 13.5 Å². The average Bonchev–Trinajstić information content (AvgIpc) is 2.97. The van der Waals surface area contributed by atoms with E-state index >= 15 is 0 Å². The Labute approximate surface area is 139 Å². The fourth-order valence-corrected chi connectivity index (χ4v) is 2.43. The van der Waals surface area contributed by atoms with Gasteiger partial charge in [0, 0.05) is 14.1 Å². The van der Waals surface area contributed by atoms with Crippen LogP contribution >= 0.6 is 0 Å². The third kappa shape index (κ3) is 3.15. The number of pyridine rings is 1. The normalized spacial score (nSPS) is 10.6. The third-order valence-electron chi connectivity index (χ3n) is 3.57. The molecule has 0 aliphatic rings.